The average Bonchev–Trinajstić information content (AvgIpc) is 2.35. The van der Waals surface area contributed by atoms with Crippen LogP contribution < -0.4 is 4.74 Å². The normalized spacial score (nSPS) is 9.71. The summed E-state index contributed by atoms with van der Waals surface area (Å²) in [6.07, 6.45) is 1.35. The van der Waals surface area contributed by atoms with Gasteiger partial charge >= 0.3 is 0 Å². The minimum Gasteiger partial charge on any atom is -0.454 e. The number of nitriles is 1. The third-order valence-corrected chi connectivity index (χ3v) is 2.26. The zero-order valence-electron chi connectivity index (χ0n) is 8.52. The molecule has 84 valence electrons. The first-order chi connectivity index (χ1) is 8.19. The molecule has 0 radical (unpaired) electrons. The number of nitrogens with zero attached hydrogens (tertiary/aromatic N) is 2. The lowest BCUT2D eigenvalue weighted by atomic mass is 10.3. The Hall–Kier alpha value is -2.12. The molecule has 0 amide bonds. The van der Waals surface area contributed by atoms with E-state index in [2.05, 4.69) is 4.98 Å². The highest BCUT2D eigenvalue weighted by molar-refractivity contribution is 6.30. The summed E-state index contributed by atoms with van der Waals surface area (Å²) in [6.45, 7) is 0. The van der Waals surface area contributed by atoms with Gasteiger partial charge in [-0.05, 0) is 24.3 Å². The van der Waals surface area contributed by atoms with Crippen molar-refractivity contribution >= 4 is 11.6 Å². The van der Waals surface area contributed by atoms with Gasteiger partial charge in [0, 0.05) is 12.3 Å². The molecule has 2 aromatic rings. The van der Waals surface area contributed by atoms with Crippen LogP contribution in [0.5, 0.6) is 11.5 Å². The number of halogens is 2. The molecule has 5 heteroatoms. The van der Waals surface area contributed by atoms with E-state index >= 15 is 0 Å². The zero-order valence-corrected chi connectivity index (χ0v) is 9.28. The average molecular weight is 249 g/mol. The predicted molar refractivity (Wildman–Crippen MR) is 60.4 cm³/mol. The molecule has 1 aromatic carbocycles. The van der Waals surface area contributed by atoms with Crippen molar-refractivity contribution in [1.82, 2.24) is 4.98 Å². The second-order valence-electron chi connectivity index (χ2n) is 3.18. The third-order valence-electron chi connectivity index (χ3n) is 1.98. The van der Waals surface area contributed by atoms with Crippen LogP contribution in [0.3, 0.4) is 0 Å². The maximum absolute atomic E-state index is 12.7. The molecular weight excluding hydrogens is 243 g/mol. The van der Waals surface area contributed by atoms with Crippen LogP contribution in [0.4, 0.5) is 4.39 Å². The molecule has 0 saturated heterocycles. The van der Waals surface area contributed by atoms with E-state index in [4.69, 9.17) is 21.6 Å². The Bertz CT molecular complexity index is 578. The second-order valence-corrected chi connectivity index (χ2v) is 3.54. The number of hydrogen-bond donors (Lipinski definition) is 0. The van der Waals surface area contributed by atoms with Gasteiger partial charge in [0.2, 0.25) is 0 Å². The van der Waals surface area contributed by atoms with Gasteiger partial charge < -0.3 is 4.74 Å². The summed E-state index contributed by atoms with van der Waals surface area (Å²) >= 11 is 5.81. The Morgan fingerprint density at radius 1 is 1.29 bits per heavy atom. The standard InChI is InChI=1S/C12H6ClFN2O/c13-12-11(5-8(6-15)7-16-12)17-10-3-1-9(14)2-4-10/h1-5,7H. The number of rotatable bonds is 2. The quantitative estimate of drug-likeness (QED) is 0.764. The van der Waals surface area contributed by atoms with Crippen LogP contribution in [-0.4, -0.2) is 4.98 Å². The van der Waals surface area contributed by atoms with Gasteiger partial charge in [0.05, 0.1) is 5.56 Å². The van der Waals surface area contributed by atoms with Crippen LogP contribution in [-0.2, 0) is 0 Å². The molecule has 0 aliphatic carbocycles. The van der Waals surface area contributed by atoms with Crippen molar-refractivity contribution in [2.24, 2.45) is 0 Å². The van der Waals surface area contributed by atoms with Crippen molar-refractivity contribution in [2.75, 3.05) is 0 Å². The van der Waals surface area contributed by atoms with E-state index in [1.54, 1.807) is 0 Å². The van der Waals surface area contributed by atoms with Crippen LogP contribution >= 0.6 is 11.6 Å². The lowest BCUT2D eigenvalue weighted by Crippen LogP contribution is -1.89. The molecule has 0 spiro atoms. The van der Waals surface area contributed by atoms with E-state index in [-0.39, 0.29) is 16.7 Å². The SMILES string of the molecule is N#Cc1cnc(Cl)c(Oc2ccc(F)cc2)c1. The Morgan fingerprint density at radius 3 is 2.65 bits per heavy atom. The lowest BCUT2D eigenvalue weighted by Gasteiger charge is -2.06. The first-order valence-electron chi connectivity index (χ1n) is 4.68. The molecule has 0 fully saturated rings. The van der Waals surface area contributed by atoms with Crippen LogP contribution in [0.25, 0.3) is 0 Å². The van der Waals surface area contributed by atoms with Gasteiger partial charge in [-0.25, -0.2) is 9.37 Å². The lowest BCUT2D eigenvalue weighted by molar-refractivity contribution is 0.478. The molecule has 0 saturated carbocycles. The largest absolute Gasteiger partial charge is 0.454 e. The van der Waals surface area contributed by atoms with Gasteiger partial charge in [-0.3, -0.25) is 0 Å². The minimum atomic E-state index is -0.354. The highest BCUT2D eigenvalue weighted by Crippen LogP contribution is 2.28. The van der Waals surface area contributed by atoms with Gasteiger partial charge in [-0.15, -0.1) is 0 Å². The van der Waals surface area contributed by atoms with E-state index in [1.807, 2.05) is 6.07 Å². The summed E-state index contributed by atoms with van der Waals surface area (Å²) < 4.78 is 18.1. The van der Waals surface area contributed by atoms with Crippen molar-refractivity contribution in [3.05, 3.63) is 53.1 Å². The van der Waals surface area contributed by atoms with Crippen LogP contribution in [0.1, 0.15) is 5.56 Å². The maximum Gasteiger partial charge on any atom is 0.171 e. The predicted octanol–water partition coefficient (Wildman–Crippen LogP) is 3.54. The van der Waals surface area contributed by atoms with Gasteiger partial charge in [-0.2, -0.15) is 5.26 Å². The number of ether oxygens (including phenoxy) is 1. The van der Waals surface area contributed by atoms with Crippen molar-refractivity contribution in [1.29, 1.82) is 5.26 Å². The molecule has 0 aliphatic heterocycles. The fourth-order valence-electron chi connectivity index (χ4n) is 1.19. The number of hydrogen-bond acceptors (Lipinski definition) is 3. The smallest absolute Gasteiger partial charge is 0.171 e. The summed E-state index contributed by atoms with van der Waals surface area (Å²) in [6, 6.07) is 8.86. The van der Waals surface area contributed by atoms with Crippen molar-refractivity contribution in [2.45, 2.75) is 0 Å². The highest BCUT2D eigenvalue weighted by atomic mass is 35.5. The summed E-state index contributed by atoms with van der Waals surface area (Å²) in [7, 11) is 0. The Kier molecular flexibility index (Phi) is 3.22. The van der Waals surface area contributed by atoms with Gasteiger partial charge in [0.25, 0.3) is 0 Å². The molecular formula is C12H6ClFN2O. The first-order valence-corrected chi connectivity index (χ1v) is 5.06. The van der Waals surface area contributed by atoms with Crippen LogP contribution in [0.15, 0.2) is 36.5 Å². The number of aromatic nitrogens is 1. The highest BCUT2D eigenvalue weighted by Gasteiger charge is 2.06. The number of benzene rings is 1. The second kappa shape index (κ2) is 4.81. The van der Waals surface area contributed by atoms with Crippen molar-refractivity contribution in [3.63, 3.8) is 0 Å². The van der Waals surface area contributed by atoms with E-state index in [0.717, 1.165) is 0 Å². The Labute approximate surface area is 102 Å². The summed E-state index contributed by atoms with van der Waals surface area (Å²) in [5.41, 5.74) is 0.339. The molecule has 0 aliphatic rings. The minimum absolute atomic E-state index is 0.147. The van der Waals surface area contributed by atoms with E-state index in [9.17, 15) is 4.39 Å². The first kappa shape index (κ1) is 11.4. The van der Waals surface area contributed by atoms with Crippen LogP contribution in [0.2, 0.25) is 5.15 Å². The Balaban J connectivity index is 2.29. The maximum atomic E-state index is 12.7. The number of pyridine rings is 1. The third kappa shape index (κ3) is 2.71. The molecule has 0 bridgehead atoms. The van der Waals surface area contributed by atoms with E-state index in [0.29, 0.717) is 11.3 Å². The molecule has 0 unspecified atom stereocenters. The molecule has 2 rings (SSSR count). The van der Waals surface area contributed by atoms with Crippen LogP contribution in [0, 0.1) is 17.1 Å². The van der Waals surface area contributed by atoms with Gasteiger partial charge in [0.15, 0.2) is 10.9 Å². The fourth-order valence-corrected chi connectivity index (χ4v) is 1.33. The summed E-state index contributed by atoms with van der Waals surface area (Å²) in [5, 5.41) is 8.86. The summed E-state index contributed by atoms with van der Waals surface area (Å²) in [4.78, 5) is 3.81. The van der Waals surface area contributed by atoms with Gasteiger partial charge in [-0.1, -0.05) is 11.6 Å². The van der Waals surface area contributed by atoms with Crippen molar-refractivity contribution < 1.29 is 9.13 Å². The van der Waals surface area contributed by atoms with E-state index < -0.39 is 0 Å². The fraction of sp³-hybridized carbons (Fsp3) is 0. The molecule has 3 nitrogen and oxygen atoms in total. The molecule has 17 heavy (non-hydrogen) atoms. The van der Waals surface area contributed by atoms with Gasteiger partial charge in [0.1, 0.15) is 17.6 Å². The topological polar surface area (TPSA) is 45.9 Å². The monoisotopic (exact) mass is 248 g/mol. The summed E-state index contributed by atoms with van der Waals surface area (Å²) in [5.74, 6) is 0.329. The van der Waals surface area contributed by atoms with Crippen molar-refractivity contribution in [3.8, 4) is 17.6 Å². The Morgan fingerprint density at radius 2 is 2.00 bits per heavy atom. The molecule has 0 N–H and O–H groups in total. The molecule has 1 aromatic heterocycles. The molecule has 0 atom stereocenters. The zero-order chi connectivity index (χ0) is 12.3. The molecule has 1 heterocycles. The van der Waals surface area contributed by atoms with E-state index in [1.165, 1.54) is 36.5 Å².